The van der Waals surface area contributed by atoms with Crippen LogP contribution in [0.4, 0.5) is 5.82 Å². The monoisotopic (exact) mass is 445 g/mol. The van der Waals surface area contributed by atoms with E-state index in [-0.39, 0.29) is 0 Å². The maximum Gasteiger partial charge on any atom is 0.167 e. The number of rotatable bonds is 3. The molecule has 3 N–H and O–H groups in total. The quantitative estimate of drug-likeness (QED) is 0.532. The van der Waals surface area contributed by atoms with Gasteiger partial charge in [0, 0.05) is 6.04 Å². The summed E-state index contributed by atoms with van der Waals surface area (Å²) in [7, 11) is 0. The van der Waals surface area contributed by atoms with Gasteiger partial charge >= 0.3 is 0 Å². The molecule has 2 fully saturated rings. The third kappa shape index (κ3) is 3.66. The smallest absolute Gasteiger partial charge is 0.167 e. The Morgan fingerprint density at radius 2 is 2.00 bits per heavy atom. The summed E-state index contributed by atoms with van der Waals surface area (Å²) in [6, 6.07) is 3.94. The molecule has 1 aliphatic heterocycles. The van der Waals surface area contributed by atoms with Crippen LogP contribution in [0.25, 0.3) is 11.2 Å². The van der Waals surface area contributed by atoms with Crippen LogP contribution in [-0.4, -0.2) is 54.1 Å². The van der Waals surface area contributed by atoms with Crippen molar-refractivity contribution in [2.75, 3.05) is 5.32 Å². The van der Waals surface area contributed by atoms with Crippen LogP contribution in [0.3, 0.4) is 0 Å². The SMILES string of the molecule is O[C@@H]1[C@H](O)[C@@H](C#Cc2ccc(Cl)s2)O[C@H]1n1cnc2c(NC3CCCC3)ncnc21. The zero-order valence-corrected chi connectivity index (χ0v) is 17.5. The van der Waals surface area contributed by atoms with E-state index in [0.29, 0.717) is 27.4 Å². The lowest BCUT2D eigenvalue weighted by molar-refractivity contribution is -0.0230. The van der Waals surface area contributed by atoms with Gasteiger partial charge in [0.15, 0.2) is 23.2 Å². The van der Waals surface area contributed by atoms with E-state index in [9.17, 15) is 10.2 Å². The number of aromatic nitrogens is 4. The summed E-state index contributed by atoms with van der Waals surface area (Å²) < 4.78 is 8.14. The number of anilines is 1. The molecule has 8 nitrogen and oxygen atoms in total. The van der Waals surface area contributed by atoms with Gasteiger partial charge in [0.05, 0.1) is 15.5 Å². The number of ether oxygens (including phenoxy) is 1. The Morgan fingerprint density at radius 3 is 2.77 bits per heavy atom. The lowest BCUT2D eigenvalue weighted by Gasteiger charge is -2.16. The van der Waals surface area contributed by atoms with Crippen molar-refractivity contribution < 1.29 is 14.9 Å². The minimum absolute atomic E-state index is 0.383. The van der Waals surface area contributed by atoms with Gasteiger partial charge < -0.3 is 20.3 Å². The summed E-state index contributed by atoms with van der Waals surface area (Å²) in [6.07, 6.45) is 3.62. The highest BCUT2D eigenvalue weighted by molar-refractivity contribution is 7.16. The van der Waals surface area contributed by atoms with E-state index in [1.807, 2.05) is 0 Å². The van der Waals surface area contributed by atoms with E-state index in [1.165, 1.54) is 30.5 Å². The largest absolute Gasteiger partial charge is 0.386 e. The van der Waals surface area contributed by atoms with Crippen LogP contribution in [0.1, 0.15) is 36.8 Å². The first-order valence-corrected chi connectivity index (χ1v) is 11.0. The van der Waals surface area contributed by atoms with Crippen molar-refractivity contribution in [3.8, 4) is 11.8 Å². The van der Waals surface area contributed by atoms with Crippen LogP contribution in [0.2, 0.25) is 4.34 Å². The second-order valence-electron chi connectivity index (χ2n) is 7.47. The van der Waals surface area contributed by atoms with E-state index in [0.717, 1.165) is 17.7 Å². The van der Waals surface area contributed by atoms with Crippen LogP contribution in [0.5, 0.6) is 0 Å². The molecule has 0 bridgehead atoms. The Bertz CT molecular complexity index is 1120. The van der Waals surface area contributed by atoms with E-state index < -0.39 is 24.5 Å². The van der Waals surface area contributed by atoms with Crippen molar-refractivity contribution in [2.45, 2.75) is 56.3 Å². The van der Waals surface area contributed by atoms with Crippen molar-refractivity contribution in [3.63, 3.8) is 0 Å². The fraction of sp³-hybridized carbons (Fsp3) is 0.450. The molecular formula is C20H20ClN5O3S. The summed E-state index contributed by atoms with van der Waals surface area (Å²) in [5.74, 6) is 6.49. The molecule has 3 aromatic heterocycles. The van der Waals surface area contributed by atoms with Gasteiger partial charge in [-0.3, -0.25) is 4.57 Å². The van der Waals surface area contributed by atoms with Gasteiger partial charge in [-0.25, -0.2) is 15.0 Å². The molecule has 0 unspecified atom stereocenters. The highest BCUT2D eigenvalue weighted by Crippen LogP contribution is 2.33. The van der Waals surface area contributed by atoms with E-state index in [4.69, 9.17) is 16.3 Å². The first-order chi connectivity index (χ1) is 14.6. The van der Waals surface area contributed by atoms with Crippen LogP contribution in [0.15, 0.2) is 24.8 Å². The Hall–Kier alpha value is -2.22. The lowest BCUT2D eigenvalue weighted by atomic mass is 10.1. The first-order valence-electron chi connectivity index (χ1n) is 9.82. The van der Waals surface area contributed by atoms with Crippen molar-refractivity contribution >= 4 is 39.9 Å². The molecular weight excluding hydrogens is 426 g/mol. The van der Waals surface area contributed by atoms with Gasteiger partial charge in [-0.15, -0.1) is 11.3 Å². The zero-order valence-electron chi connectivity index (χ0n) is 15.9. The highest BCUT2D eigenvalue weighted by Gasteiger charge is 2.43. The van der Waals surface area contributed by atoms with E-state index in [2.05, 4.69) is 32.1 Å². The summed E-state index contributed by atoms with van der Waals surface area (Å²) in [5.41, 5.74) is 1.14. The molecule has 0 radical (unpaired) electrons. The van der Waals surface area contributed by atoms with Crippen LogP contribution in [-0.2, 0) is 4.74 Å². The first kappa shape index (κ1) is 19.7. The Kier molecular flexibility index (Phi) is 5.35. The summed E-state index contributed by atoms with van der Waals surface area (Å²) in [6.45, 7) is 0. The number of aliphatic hydroxyl groups is 2. The van der Waals surface area contributed by atoms with Crippen LogP contribution >= 0.6 is 22.9 Å². The molecule has 156 valence electrons. The summed E-state index contributed by atoms with van der Waals surface area (Å²) in [4.78, 5) is 13.9. The standard InChI is InChI=1S/C20H20ClN5O3S/c21-14-8-6-12(30-14)5-7-13-16(27)17(28)20(29-13)26-10-24-15-18(22-9-23-19(15)26)25-11-3-1-2-4-11/h6,8-11,13,16-17,20,27-28H,1-4H2,(H,22,23,25)/t13-,16-,17-,20-/m1/s1. The molecule has 1 saturated carbocycles. The number of fused-ring (bicyclic) bond motifs is 1. The van der Waals surface area contributed by atoms with Crippen molar-refractivity contribution in [3.05, 3.63) is 34.0 Å². The number of nitrogens with zero attached hydrogens (tertiary/aromatic N) is 4. The van der Waals surface area contributed by atoms with Crippen molar-refractivity contribution in [1.29, 1.82) is 0 Å². The van der Waals surface area contributed by atoms with E-state index in [1.54, 1.807) is 23.0 Å². The molecule has 1 aliphatic carbocycles. The molecule has 0 aromatic carbocycles. The molecule has 5 rings (SSSR count). The lowest BCUT2D eigenvalue weighted by Crippen LogP contribution is -2.30. The Labute approximate surface area is 181 Å². The van der Waals surface area contributed by atoms with Gasteiger partial charge in [-0.1, -0.05) is 36.3 Å². The van der Waals surface area contributed by atoms with Gasteiger partial charge in [-0.2, -0.15) is 0 Å². The number of hydrogen-bond donors (Lipinski definition) is 3. The third-order valence-electron chi connectivity index (χ3n) is 5.48. The zero-order chi connectivity index (χ0) is 20.7. The fourth-order valence-corrected chi connectivity index (χ4v) is 4.84. The van der Waals surface area contributed by atoms with Gasteiger partial charge in [0.2, 0.25) is 0 Å². The van der Waals surface area contributed by atoms with E-state index >= 15 is 0 Å². The molecule has 30 heavy (non-hydrogen) atoms. The molecule has 0 amide bonds. The maximum atomic E-state index is 10.6. The predicted octanol–water partition coefficient (Wildman–Crippen LogP) is 2.57. The topological polar surface area (TPSA) is 105 Å². The number of nitrogens with one attached hydrogen (secondary N) is 1. The predicted molar refractivity (Wildman–Crippen MR) is 113 cm³/mol. The molecule has 1 saturated heterocycles. The molecule has 3 aromatic rings. The summed E-state index contributed by atoms with van der Waals surface area (Å²) >= 11 is 7.26. The van der Waals surface area contributed by atoms with Gasteiger partial charge in [-0.05, 0) is 25.0 Å². The number of aliphatic hydroxyl groups excluding tert-OH is 2. The minimum atomic E-state index is -1.17. The average Bonchev–Trinajstić information content (AvgIpc) is 3.52. The third-order valence-corrected chi connectivity index (χ3v) is 6.62. The van der Waals surface area contributed by atoms with Gasteiger partial charge in [0.25, 0.3) is 0 Å². The Morgan fingerprint density at radius 1 is 1.17 bits per heavy atom. The number of thiophene rings is 1. The fourth-order valence-electron chi connectivity index (χ4n) is 3.94. The van der Waals surface area contributed by atoms with Gasteiger partial charge in [0.1, 0.15) is 24.6 Å². The second-order valence-corrected chi connectivity index (χ2v) is 9.19. The van der Waals surface area contributed by atoms with Crippen LogP contribution < -0.4 is 5.32 Å². The average molecular weight is 446 g/mol. The second kappa shape index (κ2) is 8.13. The molecule has 4 heterocycles. The van der Waals surface area contributed by atoms with Crippen LogP contribution in [0, 0.1) is 11.8 Å². The maximum absolute atomic E-state index is 10.6. The number of halogens is 1. The normalized spacial score (nSPS) is 26.8. The molecule has 4 atom stereocenters. The number of hydrogen-bond acceptors (Lipinski definition) is 8. The summed E-state index contributed by atoms with van der Waals surface area (Å²) in [5, 5.41) is 24.5. The van der Waals surface area contributed by atoms with Crippen molar-refractivity contribution in [2.24, 2.45) is 0 Å². The molecule has 0 spiro atoms. The minimum Gasteiger partial charge on any atom is -0.386 e. The molecule has 10 heteroatoms. The molecule has 2 aliphatic rings. The van der Waals surface area contributed by atoms with Crippen molar-refractivity contribution in [1.82, 2.24) is 19.5 Å². The number of imidazole rings is 1. The Balaban J connectivity index is 1.40. The highest BCUT2D eigenvalue weighted by atomic mass is 35.5.